The molecule has 1 heterocycles. The van der Waals surface area contributed by atoms with Crippen molar-refractivity contribution in [3.63, 3.8) is 0 Å². The summed E-state index contributed by atoms with van der Waals surface area (Å²) >= 11 is 3.40. The average molecular weight is 328 g/mol. The van der Waals surface area contributed by atoms with E-state index in [1.54, 1.807) is 7.11 Å². The van der Waals surface area contributed by atoms with Gasteiger partial charge in [0.25, 0.3) is 0 Å². The van der Waals surface area contributed by atoms with Crippen molar-refractivity contribution < 1.29 is 14.3 Å². The zero-order valence-electron chi connectivity index (χ0n) is 11.1. The molecule has 1 aromatic carbocycles. The molecule has 0 aromatic heterocycles. The van der Waals surface area contributed by atoms with Gasteiger partial charge in [0, 0.05) is 16.6 Å². The van der Waals surface area contributed by atoms with Gasteiger partial charge in [0.2, 0.25) is 5.91 Å². The first-order chi connectivity index (χ1) is 9.11. The largest absolute Gasteiger partial charge is 0.496 e. The van der Waals surface area contributed by atoms with Crippen molar-refractivity contribution in [2.75, 3.05) is 13.7 Å². The van der Waals surface area contributed by atoms with Gasteiger partial charge in [-0.05, 0) is 31.9 Å². The Labute approximate surface area is 121 Å². The topological polar surface area (TPSA) is 47.6 Å². The first-order valence-corrected chi connectivity index (χ1v) is 7.16. The first-order valence-electron chi connectivity index (χ1n) is 6.37. The van der Waals surface area contributed by atoms with E-state index in [1.807, 2.05) is 25.1 Å². The van der Waals surface area contributed by atoms with Gasteiger partial charge in [0.15, 0.2) is 0 Å². The van der Waals surface area contributed by atoms with Crippen LogP contribution < -0.4 is 10.1 Å². The Morgan fingerprint density at radius 1 is 1.58 bits per heavy atom. The van der Waals surface area contributed by atoms with Crippen LogP contribution in [-0.4, -0.2) is 25.7 Å². The number of hydrogen-bond acceptors (Lipinski definition) is 3. The second-order valence-corrected chi connectivity index (χ2v) is 5.53. The highest BCUT2D eigenvalue weighted by atomic mass is 79.9. The van der Waals surface area contributed by atoms with Crippen LogP contribution in [0, 0.1) is 0 Å². The van der Waals surface area contributed by atoms with Crippen molar-refractivity contribution in [1.82, 2.24) is 5.32 Å². The number of ether oxygens (including phenoxy) is 2. The zero-order valence-corrected chi connectivity index (χ0v) is 12.7. The van der Waals surface area contributed by atoms with Crippen LogP contribution in [0.3, 0.4) is 0 Å². The second-order valence-electron chi connectivity index (χ2n) is 4.62. The van der Waals surface area contributed by atoms with Crippen molar-refractivity contribution >= 4 is 21.8 Å². The molecular formula is C14H18BrNO3. The molecule has 2 atom stereocenters. The smallest absolute Gasteiger partial charge is 0.249 e. The van der Waals surface area contributed by atoms with Crippen LogP contribution in [0.2, 0.25) is 0 Å². The Kier molecular flexibility index (Phi) is 4.82. The minimum atomic E-state index is -0.302. The molecule has 0 radical (unpaired) electrons. The lowest BCUT2D eigenvalue weighted by Crippen LogP contribution is -2.35. The van der Waals surface area contributed by atoms with Crippen LogP contribution >= 0.6 is 15.9 Å². The average Bonchev–Trinajstić information content (AvgIpc) is 2.92. The van der Waals surface area contributed by atoms with Crippen LogP contribution in [0.15, 0.2) is 22.7 Å². The van der Waals surface area contributed by atoms with Gasteiger partial charge in [-0.25, -0.2) is 0 Å². The Morgan fingerprint density at radius 2 is 2.37 bits per heavy atom. The molecule has 1 aliphatic heterocycles. The van der Waals surface area contributed by atoms with E-state index in [9.17, 15) is 4.79 Å². The normalized spacial score (nSPS) is 20.1. The fourth-order valence-corrected chi connectivity index (χ4v) is 2.55. The van der Waals surface area contributed by atoms with Crippen LogP contribution in [0.25, 0.3) is 0 Å². The molecule has 0 bridgehead atoms. The number of benzene rings is 1. The summed E-state index contributed by atoms with van der Waals surface area (Å²) in [5, 5.41) is 2.97. The summed E-state index contributed by atoms with van der Waals surface area (Å²) in [5.41, 5.74) is 0.956. The minimum Gasteiger partial charge on any atom is -0.496 e. The molecule has 0 spiro atoms. The van der Waals surface area contributed by atoms with E-state index in [0.717, 1.165) is 28.6 Å². The Morgan fingerprint density at radius 3 is 3.00 bits per heavy atom. The summed E-state index contributed by atoms with van der Waals surface area (Å²) in [7, 11) is 1.62. The van der Waals surface area contributed by atoms with Crippen LogP contribution in [0.1, 0.15) is 31.4 Å². The van der Waals surface area contributed by atoms with Crippen molar-refractivity contribution in [3.05, 3.63) is 28.2 Å². The lowest BCUT2D eigenvalue weighted by molar-refractivity contribution is -0.130. The summed E-state index contributed by atoms with van der Waals surface area (Å²) in [4.78, 5) is 12.0. The van der Waals surface area contributed by atoms with Gasteiger partial charge in [0.1, 0.15) is 11.9 Å². The third-order valence-electron chi connectivity index (χ3n) is 3.24. The third kappa shape index (κ3) is 3.48. The van der Waals surface area contributed by atoms with Gasteiger partial charge < -0.3 is 14.8 Å². The van der Waals surface area contributed by atoms with Gasteiger partial charge in [-0.2, -0.15) is 0 Å². The fourth-order valence-electron chi connectivity index (χ4n) is 2.21. The number of carbonyl (C=O) groups is 1. The molecule has 0 aliphatic carbocycles. The Bertz CT molecular complexity index is 458. The molecule has 1 unspecified atom stereocenters. The summed E-state index contributed by atoms with van der Waals surface area (Å²) in [5.74, 6) is 0.712. The molecular weight excluding hydrogens is 310 g/mol. The third-order valence-corrected chi connectivity index (χ3v) is 3.74. The SMILES string of the molecule is COc1cc(Br)ccc1C(C)NC(=O)[C@@H]1CCCO1. The lowest BCUT2D eigenvalue weighted by Gasteiger charge is -2.19. The predicted octanol–water partition coefficient (Wildman–Crippen LogP) is 2.81. The van der Waals surface area contributed by atoms with E-state index >= 15 is 0 Å². The molecule has 4 nitrogen and oxygen atoms in total. The number of rotatable bonds is 4. The molecule has 2 rings (SSSR count). The van der Waals surface area contributed by atoms with Crippen LogP contribution in [0.5, 0.6) is 5.75 Å². The van der Waals surface area contributed by atoms with E-state index in [2.05, 4.69) is 21.2 Å². The maximum Gasteiger partial charge on any atom is 0.249 e. The lowest BCUT2D eigenvalue weighted by atomic mass is 10.1. The number of hydrogen-bond donors (Lipinski definition) is 1. The minimum absolute atomic E-state index is 0.0463. The predicted molar refractivity (Wildman–Crippen MR) is 76.2 cm³/mol. The van der Waals surface area contributed by atoms with Crippen molar-refractivity contribution in [2.24, 2.45) is 0 Å². The van der Waals surface area contributed by atoms with Gasteiger partial charge in [-0.15, -0.1) is 0 Å². The van der Waals surface area contributed by atoms with E-state index in [1.165, 1.54) is 0 Å². The van der Waals surface area contributed by atoms with Crippen LogP contribution in [-0.2, 0) is 9.53 Å². The fraction of sp³-hybridized carbons (Fsp3) is 0.500. The molecule has 1 N–H and O–H groups in total. The maximum absolute atomic E-state index is 12.0. The maximum atomic E-state index is 12.0. The standard InChI is InChI=1S/C14H18BrNO3/c1-9(16-14(17)12-4-3-7-19-12)11-6-5-10(15)8-13(11)18-2/h5-6,8-9,12H,3-4,7H2,1-2H3,(H,16,17)/t9?,12-/m0/s1. The second kappa shape index (κ2) is 6.39. The van der Waals surface area contributed by atoms with Gasteiger partial charge in [-0.1, -0.05) is 22.0 Å². The molecule has 1 aromatic rings. The molecule has 19 heavy (non-hydrogen) atoms. The molecule has 5 heteroatoms. The van der Waals surface area contributed by atoms with Gasteiger partial charge in [0.05, 0.1) is 13.2 Å². The molecule has 1 saturated heterocycles. The molecule has 1 amide bonds. The molecule has 1 aliphatic rings. The van der Waals surface area contributed by atoms with E-state index in [-0.39, 0.29) is 18.1 Å². The van der Waals surface area contributed by atoms with Gasteiger partial charge >= 0.3 is 0 Å². The highest BCUT2D eigenvalue weighted by Gasteiger charge is 2.25. The number of amides is 1. The summed E-state index contributed by atoms with van der Waals surface area (Å²) in [6.45, 7) is 2.62. The van der Waals surface area contributed by atoms with E-state index < -0.39 is 0 Å². The van der Waals surface area contributed by atoms with Crippen LogP contribution in [0.4, 0.5) is 0 Å². The molecule has 0 saturated carbocycles. The number of carbonyl (C=O) groups excluding carboxylic acids is 1. The Hall–Kier alpha value is -1.07. The monoisotopic (exact) mass is 327 g/mol. The Balaban J connectivity index is 2.06. The van der Waals surface area contributed by atoms with Crippen molar-refractivity contribution in [2.45, 2.75) is 31.9 Å². The highest BCUT2D eigenvalue weighted by Crippen LogP contribution is 2.28. The molecule has 1 fully saturated rings. The van der Waals surface area contributed by atoms with E-state index in [0.29, 0.717) is 6.61 Å². The quantitative estimate of drug-likeness (QED) is 0.925. The highest BCUT2D eigenvalue weighted by molar-refractivity contribution is 9.10. The zero-order chi connectivity index (χ0) is 13.8. The number of halogens is 1. The number of methoxy groups -OCH3 is 1. The summed E-state index contributed by atoms with van der Waals surface area (Å²) < 4.78 is 11.7. The van der Waals surface area contributed by atoms with Crippen molar-refractivity contribution in [3.8, 4) is 5.75 Å². The molecule has 104 valence electrons. The van der Waals surface area contributed by atoms with Crippen molar-refractivity contribution in [1.29, 1.82) is 0 Å². The number of nitrogens with one attached hydrogen (secondary N) is 1. The summed E-state index contributed by atoms with van der Waals surface area (Å²) in [6, 6.07) is 5.67. The first kappa shape index (κ1) is 14.3. The summed E-state index contributed by atoms with van der Waals surface area (Å²) in [6.07, 6.45) is 1.45. The van der Waals surface area contributed by atoms with Gasteiger partial charge in [-0.3, -0.25) is 4.79 Å². The van der Waals surface area contributed by atoms with E-state index in [4.69, 9.17) is 9.47 Å².